The van der Waals surface area contributed by atoms with E-state index in [9.17, 15) is 14.9 Å². The topological polar surface area (TPSA) is 100 Å². The molecule has 1 amide bonds. The standard InChI is InChI=1S/C18H21N5O3/c1-19-16-7-6-14(23(25)26)11-15(16)18(24)21-13-5-8-17(20-12-13)22-9-3-2-4-10-22/h5-8,11-12,19H,2-4,9-10H2,1H3,(H,21,24). The number of rotatable bonds is 5. The number of nitrogens with zero attached hydrogens (tertiary/aromatic N) is 3. The minimum atomic E-state index is -0.523. The van der Waals surface area contributed by atoms with E-state index in [0.29, 0.717) is 11.4 Å². The zero-order valence-electron chi connectivity index (χ0n) is 14.6. The van der Waals surface area contributed by atoms with Crippen molar-refractivity contribution in [1.29, 1.82) is 0 Å². The Morgan fingerprint density at radius 2 is 1.96 bits per heavy atom. The Morgan fingerprint density at radius 3 is 2.58 bits per heavy atom. The van der Waals surface area contributed by atoms with Crippen LogP contribution in [0.2, 0.25) is 0 Å². The summed E-state index contributed by atoms with van der Waals surface area (Å²) in [5.74, 6) is 0.472. The molecule has 8 heteroatoms. The number of nitrogens with one attached hydrogen (secondary N) is 2. The third kappa shape index (κ3) is 3.90. The van der Waals surface area contributed by atoms with Gasteiger partial charge in [0.05, 0.1) is 22.4 Å². The number of carbonyl (C=O) groups is 1. The number of nitro benzene ring substituents is 1. The molecule has 0 aliphatic carbocycles. The molecule has 0 saturated carbocycles. The number of amides is 1. The summed E-state index contributed by atoms with van der Waals surface area (Å²) in [6, 6.07) is 7.82. The van der Waals surface area contributed by atoms with E-state index in [-0.39, 0.29) is 11.3 Å². The molecule has 1 aliphatic rings. The monoisotopic (exact) mass is 355 g/mol. The van der Waals surface area contributed by atoms with Crippen molar-refractivity contribution in [3.8, 4) is 0 Å². The summed E-state index contributed by atoms with van der Waals surface area (Å²) in [7, 11) is 1.66. The SMILES string of the molecule is CNc1ccc([N+](=O)[O-])cc1C(=O)Nc1ccc(N2CCCCC2)nc1. The van der Waals surface area contributed by atoms with Gasteiger partial charge in [0, 0.05) is 38.0 Å². The summed E-state index contributed by atoms with van der Waals surface area (Å²) in [5.41, 5.74) is 1.14. The first-order chi connectivity index (χ1) is 12.6. The third-order valence-electron chi connectivity index (χ3n) is 4.41. The molecule has 2 heterocycles. The molecule has 2 N–H and O–H groups in total. The predicted octanol–water partition coefficient (Wildman–Crippen LogP) is 3.27. The summed E-state index contributed by atoms with van der Waals surface area (Å²) in [4.78, 5) is 29.6. The number of non-ortho nitro benzene ring substituents is 1. The quantitative estimate of drug-likeness (QED) is 0.631. The molecule has 0 unspecified atom stereocenters. The largest absolute Gasteiger partial charge is 0.387 e. The van der Waals surface area contributed by atoms with Crippen molar-refractivity contribution < 1.29 is 9.72 Å². The van der Waals surface area contributed by atoms with E-state index in [1.165, 1.54) is 37.5 Å². The van der Waals surface area contributed by atoms with Crippen LogP contribution < -0.4 is 15.5 Å². The lowest BCUT2D eigenvalue weighted by atomic mass is 10.1. The molecule has 8 nitrogen and oxygen atoms in total. The zero-order chi connectivity index (χ0) is 18.5. The van der Waals surface area contributed by atoms with Crippen LogP contribution in [0.3, 0.4) is 0 Å². The summed E-state index contributed by atoms with van der Waals surface area (Å²) in [6.45, 7) is 2.00. The first-order valence-electron chi connectivity index (χ1n) is 8.57. The molecule has 0 atom stereocenters. The maximum absolute atomic E-state index is 12.5. The molecule has 1 aromatic carbocycles. The van der Waals surface area contributed by atoms with Crippen molar-refractivity contribution in [2.75, 3.05) is 35.7 Å². The first-order valence-corrected chi connectivity index (χ1v) is 8.57. The third-order valence-corrected chi connectivity index (χ3v) is 4.41. The van der Waals surface area contributed by atoms with Gasteiger partial charge in [-0.1, -0.05) is 0 Å². The van der Waals surface area contributed by atoms with Crippen LogP contribution >= 0.6 is 0 Å². The number of benzene rings is 1. The number of aromatic nitrogens is 1. The van der Waals surface area contributed by atoms with E-state index in [1.807, 2.05) is 6.07 Å². The molecule has 0 spiro atoms. The molecule has 1 aliphatic heterocycles. The van der Waals surface area contributed by atoms with Crippen LogP contribution in [0.4, 0.5) is 22.9 Å². The van der Waals surface area contributed by atoms with Gasteiger partial charge in [-0.05, 0) is 37.5 Å². The fraction of sp³-hybridized carbons (Fsp3) is 0.333. The predicted molar refractivity (Wildman–Crippen MR) is 101 cm³/mol. The fourth-order valence-corrected chi connectivity index (χ4v) is 3.02. The van der Waals surface area contributed by atoms with Crippen LogP contribution in [0.25, 0.3) is 0 Å². The average molecular weight is 355 g/mol. The Kier molecular flexibility index (Phi) is 5.31. The van der Waals surface area contributed by atoms with Crippen molar-refractivity contribution in [2.24, 2.45) is 0 Å². The molecule has 1 saturated heterocycles. The second-order valence-corrected chi connectivity index (χ2v) is 6.14. The number of piperidine rings is 1. The van der Waals surface area contributed by atoms with Gasteiger partial charge in [-0.3, -0.25) is 14.9 Å². The van der Waals surface area contributed by atoms with Crippen LogP contribution in [0.15, 0.2) is 36.5 Å². The Hall–Kier alpha value is -3.16. The number of hydrogen-bond acceptors (Lipinski definition) is 6. The molecular formula is C18H21N5O3. The highest BCUT2D eigenvalue weighted by Gasteiger charge is 2.17. The van der Waals surface area contributed by atoms with E-state index in [1.54, 1.807) is 19.3 Å². The van der Waals surface area contributed by atoms with E-state index in [0.717, 1.165) is 18.9 Å². The van der Waals surface area contributed by atoms with E-state index < -0.39 is 10.8 Å². The second kappa shape index (κ2) is 7.81. The molecule has 26 heavy (non-hydrogen) atoms. The summed E-state index contributed by atoms with van der Waals surface area (Å²) >= 11 is 0. The van der Waals surface area contributed by atoms with Crippen molar-refractivity contribution in [2.45, 2.75) is 19.3 Å². The van der Waals surface area contributed by atoms with Crippen LogP contribution in [-0.4, -0.2) is 36.0 Å². The number of pyridine rings is 1. The normalized spacial score (nSPS) is 14.0. The number of carbonyl (C=O) groups excluding carboxylic acids is 1. The highest BCUT2D eigenvalue weighted by atomic mass is 16.6. The van der Waals surface area contributed by atoms with Crippen LogP contribution in [0, 0.1) is 10.1 Å². The van der Waals surface area contributed by atoms with Crippen molar-refractivity contribution >= 4 is 28.8 Å². The highest BCUT2D eigenvalue weighted by Crippen LogP contribution is 2.24. The van der Waals surface area contributed by atoms with Gasteiger partial charge >= 0.3 is 0 Å². The molecular weight excluding hydrogens is 334 g/mol. The average Bonchev–Trinajstić information content (AvgIpc) is 2.68. The smallest absolute Gasteiger partial charge is 0.270 e. The summed E-state index contributed by atoms with van der Waals surface area (Å²) in [5, 5.41) is 16.6. The minimum Gasteiger partial charge on any atom is -0.387 e. The Bertz CT molecular complexity index is 801. The van der Waals surface area contributed by atoms with Crippen molar-refractivity contribution in [3.05, 3.63) is 52.2 Å². The zero-order valence-corrected chi connectivity index (χ0v) is 14.6. The van der Waals surface area contributed by atoms with Gasteiger partial charge in [0.15, 0.2) is 0 Å². The maximum Gasteiger partial charge on any atom is 0.270 e. The van der Waals surface area contributed by atoms with Gasteiger partial charge < -0.3 is 15.5 Å². The van der Waals surface area contributed by atoms with Crippen LogP contribution in [-0.2, 0) is 0 Å². The van der Waals surface area contributed by atoms with E-state index in [4.69, 9.17) is 0 Å². The molecule has 1 fully saturated rings. The summed E-state index contributed by atoms with van der Waals surface area (Å²) < 4.78 is 0. The van der Waals surface area contributed by atoms with Gasteiger partial charge in [-0.2, -0.15) is 0 Å². The van der Waals surface area contributed by atoms with Gasteiger partial charge in [-0.25, -0.2) is 4.98 Å². The molecule has 2 aromatic rings. The van der Waals surface area contributed by atoms with Gasteiger partial charge in [0.2, 0.25) is 0 Å². The number of hydrogen-bond donors (Lipinski definition) is 2. The van der Waals surface area contributed by atoms with Crippen LogP contribution in [0.1, 0.15) is 29.6 Å². The van der Waals surface area contributed by atoms with Gasteiger partial charge in [-0.15, -0.1) is 0 Å². The Balaban J connectivity index is 1.75. The maximum atomic E-state index is 12.5. The first kappa shape index (κ1) is 17.7. The van der Waals surface area contributed by atoms with Crippen molar-refractivity contribution in [3.63, 3.8) is 0 Å². The van der Waals surface area contributed by atoms with Gasteiger partial charge in [0.1, 0.15) is 5.82 Å². The highest BCUT2D eigenvalue weighted by molar-refractivity contribution is 6.08. The fourth-order valence-electron chi connectivity index (χ4n) is 3.02. The lowest BCUT2D eigenvalue weighted by Crippen LogP contribution is -2.30. The Labute approximate surface area is 151 Å². The summed E-state index contributed by atoms with van der Waals surface area (Å²) in [6.07, 6.45) is 5.19. The molecule has 3 rings (SSSR count). The molecule has 1 aromatic heterocycles. The van der Waals surface area contributed by atoms with Gasteiger partial charge in [0.25, 0.3) is 11.6 Å². The lowest BCUT2D eigenvalue weighted by molar-refractivity contribution is -0.384. The van der Waals surface area contributed by atoms with E-state index >= 15 is 0 Å². The second-order valence-electron chi connectivity index (χ2n) is 6.14. The lowest BCUT2D eigenvalue weighted by Gasteiger charge is -2.27. The number of nitro groups is 1. The van der Waals surface area contributed by atoms with Crippen LogP contribution in [0.5, 0.6) is 0 Å². The van der Waals surface area contributed by atoms with Crippen molar-refractivity contribution in [1.82, 2.24) is 4.98 Å². The molecule has 0 bridgehead atoms. The number of anilines is 3. The molecule has 0 radical (unpaired) electrons. The minimum absolute atomic E-state index is 0.132. The Morgan fingerprint density at radius 1 is 1.19 bits per heavy atom. The van der Waals surface area contributed by atoms with E-state index in [2.05, 4.69) is 20.5 Å². The molecule has 136 valence electrons.